The van der Waals surface area contributed by atoms with Gasteiger partial charge in [-0.1, -0.05) is 24.3 Å². The van der Waals surface area contributed by atoms with Crippen molar-refractivity contribution in [3.63, 3.8) is 0 Å². The molecule has 0 aromatic heterocycles. The normalized spacial score (nSPS) is 16.1. The van der Waals surface area contributed by atoms with Gasteiger partial charge in [0.2, 0.25) is 0 Å². The summed E-state index contributed by atoms with van der Waals surface area (Å²) in [6, 6.07) is 13.4. The summed E-state index contributed by atoms with van der Waals surface area (Å²) in [5.74, 6) is 0.363. The molecule has 0 spiro atoms. The number of fused-ring (bicyclic) bond motifs is 2. The van der Waals surface area contributed by atoms with Gasteiger partial charge < -0.3 is 14.6 Å². The topological polar surface area (TPSA) is 55.8 Å². The molecule has 0 saturated carbocycles. The second kappa shape index (κ2) is 5.48. The molecule has 0 saturated heterocycles. The van der Waals surface area contributed by atoms with Crippen molar-refractivity contribution >= 4 is 5.97 Å². The zero-order valence-electron chi connectivity index (χ0n) is 11.7. The lowest BCUT2D eigenvalue weighted by atomic mass is 9.86. The standard InChI is InChI=1S/C17H16O4/c1-20-12-6-7-16-15(8-12)14(9-17(18)19)13-5-3-2-4-11(13)10-21-16/h2-8,14H,9-10H2,1H3,(H,18,19). The molecule has 1 aliphatic rings. The Hall–Kier alpha value is -2.49. The summed E-state index contributed by atoms with van der Waals surface area (Å²) in [6.07, 6.45) is 0.0283. The molecule has 2 aromatic rings. The maximum Gasteiger partial charge on any atom is 0.304 e. The van der Waals surface area contributed by atoms with Gasteiger partial charge in [0, 0.05) is 11.5 Å². The second-order valence-corrected chi connectivity index (χ2v) is 5.04. The monoisotopic (exact) mass is 284 g/mol. The van der Waals surface area contributed by atoms with Crippen LogP contribution in [0.25, 0.3) is 0 Å². The Bertz CT molecular complexity index is 678. The van der Waals surface area contributed by atoms with Gasteiger partial charge in [0.15, 0.2) is 0 Å². The molecule has 3 rings (SSSR count). The number of hydrogen-bond donors (Lipinski definition) is 1. The molecule has 1 heterocycles. The number of carboxylic acids is 1. The minimum absolute atomic E-state index is 0.0283. The van der Waals surface area contributed by atoms with Gasteiger partial charge in [0.25, 0.3) is 0 Å². The lowest BCUT2D eigenvalue weighted by molar-refractivity contribution is -0.137. The fourth-order valence-corrected chi connectivity index (χ4v) is 2.78. The van der Waals surface area contributed by atoms with Crippen molar-refractivity contribution in [2.24, 2.45) is 0 Å². The highest BCUT2D eigenvalue weighted by Gasteiger charge is 2.27. The molecule has 0 fully saturated rings. The van der Waals surface area contributed by atoms with Gasteiger partial charge in [-0.2, -0.15) is 0 Å². The first kappa shape index (κ1) is 13.5. The molecule has 1 atom stereocenters. The van der Waals surface area contributed by atoms with Crippen LogP contribution in [-0.2, 0) is 11.4 Å². The SMILES string of the molecule is COc1ccc2c(c1)C(CC(=O)O)c1ccccc1CO2. The minimum atomic E-state index is -0.828. The van der Waals surface area contributed by atoms with Gasteiger partial charge in [-0.25, -0.2) is 0 Å². The number of rotatable bonds is 3. The summed E-state index contributed by atoms with van der Waals surface area (Å²) < 4.78 is 11.1. The Morgan fingerprint density at radius 2 is 2.10 bits per heavy atom. The maximum absolute atomic E-state index is 11.3. The van der Waals surface area contributed by atoms with E-state index >= 15 is 0 Å². The lowest BCUT2D eigenvalue weighted by Gasteiger charge is -2.17. The number of carbonyl (C=O) groups is 1. The van der Waals surface area contributed by atoms with E-state index in [-0.39, 0.29) is 12.3 Å². The zero-order valence-corrected chi connectivity index (χ0v) is 11.7. The Kier molecular flexibility index (Phi) is 3.52. The van der Waals surface area contributed by atoms with Crippen molar-refractivity contribution in [2.75, 3.05) is 7.11 Å². The van der Waals surface area contributed by atoms with Crippen molar-refractivity contribution in [1.82, 2.24) is 0 Å². The first-order chi connectivity index (χ1) is 10.2. The zero-order chi connectivity index (χ0) is 14.8. The van der Waals surface area contributed by atoms with Crippen LogP contribution < -0.4 is 9.47 Å². The largest absolute Gasteiger partial charge is 0.497 e. The molecule has 0 bridgehead atoms. The average molecular weight is 284 g/mol. The van der Waals surface area contributed by atoms with Crippen molar-refractivity contribution in [2.45, 2.75) is 18.9 Å². The number of aliphatic carboxylic acids is 1. The summed E-state index contributed by atoms with van der Waals surface area (Å²) in [5, 5.41) is 9.26. The van der Waals surface area contributed by atoms with Crippen LogP contribution in [-0.4, -0.2) is 18.2 Å². The van der Waals surface area contributed by atoms with Crippen LogP contribution in [0.3, 0.4) is 0 Å². The quantitative estimate of drug-likeness (QED) is 0.940. The number of benzene rings is 2. The predicted octanol–water partition coefficient (Wildman–Crippen LogP) is 3.19. The van der Waals surface area contributed by atoms with E-state index in [1.807, 2.05) is 42.5 Å². The molecular formula is C17H16O4. The van der Waals surface area contributed by atoms with Crippen molar-refractivity contribution < 1.29 is 19.4 Å². The molecule has 108 valence electrons. The van der Waals surface area contributed by atoms with Crippen molar-refractivity contribution in [1.29, 1.82) is 0 Å². The summed E-state index contributed by atoms with van der Waals surface area (Å²) in [6.45, 7) is 0.450. The maximum atomic E-state index is 11.3. The molecule has 1 N–H and O–H groups in total. The Morgan fingerprint density at radius 1 is 1.29 bits per heavy atom. The Labute approximate surface area is 122 Å². The highest BCUT2D eigenvalue weighted by atomic mass is 16.5. The number of ether oxygens (including phenoxy) is 2. The number of hydrogen-bond acceptors (Lipinski definition) is 3. The first-order valence-corrected chi connectivity index (χ1v) is 6.79. The smallest absolute Gasteiger partial charge is 0.304 e. The molecule has 0 amide bonds. The first-order valence-electron chi connectivity index (χ1n) is 6.79. The summed E-state index contributed by atoms with van der Waals surface area (Å²) in [5.41, 5.74) is 2.90. The fraction of sp³-hybridized carbons (Fsp3) is 0.235. The third-order valence-corrected chi connectivity index (χ3v) is 3.78. The van der Waals surface area contributed by atoms with Crippen LogP contribution >= 0.6 is 0 Å². The van der Waals surface area contributed by atoms with E-state index in [0.29, 0.717) is 12.4 Å². The van der Waals surface area contributed by atoms with Crippen LogP contribution in [0.15, 0.2) is 42.5 Å². The molecule has 21 heavy (non-hydrogen) atoms. The second-order valence-electron chi connectivity index (χ2n) is 5.04. The molecule has 2 aromatic carbocycles. The van der Waals surface area contributed by atoms with E-state index in [9.17, 15) is 9.90 Å². The Balaban J connectivity index is 2.16. The van der Waals surface area contributed by atoms with Gasteiger partial charge in [-0.15, -0.1) is 0 Å². The van der Waals surface area contributed by atoms with Gasteiger partial charge in [0.1, 0.15) is 18.1 Å². The minimum Gasteiger partial charge on any atom is -0.497 e. The summed E-state index contributed by atoms with van der Waals surface area (Å²) in [7, 11) is 1.60. The third kappa shape index (κ3) is 2.57. The lowest BCUT2D eigenvalue weighted by Crippen LogP contribution is -2.09. The molecular weight excluding hydrogens is 268 g/mol. The van der Waals surface area contributed by atoms with Crippen LogP contribution in [0.5, 0.6) is 11.5 Å². The van der Waals surface area contributed by atoms with Crippen LogP contribution in [0.2, 0.25) is 0 Å². The van der Waals surface area contributed by atoms with Gasteiger partial charge in [-0.3, -0.25) is 4.79 Å². The molecule has 0 aliphatic carbocycles. The van der Waals surface area contributed by atoms with Crippen molar-refractivity contribution in [3.8, 4) is 11.5 Å². The van der Waals surface area contributed by atoms with Crippen molar-refractivity contribution in [3.05, 3.63) is 59.2 Å². The summed E-state index contributed by atoms with van der Waals surface area (Å²) >= 11 is 0. The molecule has 4 nitrogen and oxygen atoms in total. The van der Waals surface area contributed by atoms with E-state index in [1.54, 1.807) is 7.11 Å². The Morgan fingerprint density at radius 3 is 2.86 bits per heavy atom. The molecule has 4 heteroatoms. The van der Waals surface area contributed by atoms with Crippen LogP contribution in [0.4, 0.5) is 0 Å². The van der Waals surface area contributed by atoms with E-state index < -0.39 is 5.97 Å². The average Bonchev–Trinajstić information content (AvgIpc) is 2.64. The van der Waals surface area contributed by atoms with Gasteiger partial charge >= 0.3 is 5.97 Å². The third-order valence-electron chi connectivity index (χ3n) is 3.78. The molecule has 1 unspecified atom stereocenters. The molecule has 0 radical (unpaired) electrons. The van der Waals surface area contributed by atoms with Gasteiger partial charge in [-0.05, 0) is 29.3 Å². The van der Waals surface area contributed by atoms with E-state index in [1.165, 1.54) is 0 Å². The van der Waals surface area contributed by atoms with E-state index in [4.69, 9.17) is 9.47 Å². The fourth-order valence-electron chi connectivity index (χ4n) is 2.78. The van der Waals surface area contributed by atoms with E-state index in [0.717, 1.165) is 22.4 Å². The van der Waals surface area contributed by atoms with Crippen LogP contribution in [0.1, 0.15) is 29.0 Å². The van der Waals surface area contributed by atoms with E-state index in [2.05, 4.69) is 0 Å². The summed E-state index contributed by atoms with van der Waals surface area (Å²) in [4.78, 5) is 11.3. The number of methoxy groups -OCH3 is 1. The molecule has 1 aliphatic heterocycles. The highest BCUT2D eigenvalue weighted by Crippen LogP contribution is 2.40. The number of carboxylic acid groups (broad SMARTS) is 1. The predicted molar refractivity (Wildman–Crippen MR) is 77.9 cm³/mol. The van der Waals surface area contributed by atoms with Gasteiger partial charge in [0.05, 0.1) is 13.5 Å². The van der Waals surface area contributed by atoms with Crippen LogP contribution in [0, 0.1) is 0 Å². The highest BCUT2D eigenvalue weighted by molar-refractivity contribution is 5.70.